The van der Waals surface area contributed by atoms with Gasteiger partial charge in [-0.05, 0) is 17.9 Å². The molecule has 0 bridgehead atoms. The maximum atomic E-state index is 11.3. The third-order valence-corrected chi connectivity index (χ3v) is 2.79. The molecule has 1 atom stereocenters. The minimum atomic E-state index is -0.0420. The lowest BCUT2D eigenvalue weighted by Crippen LogP contribution is -2.29. The van der Waals surface area contributed by atoms with Gasteiger partial charge in [-0.1, -0.05) is 13.0 Å². The van der Waals surface area contributed by atoms with Crippen LogP contribution in [0.15, 0.2) is 17.5 Å². The van der Waals surface area contributed by atoms with E-state index in [1.54, 1.807) is 6.07 Å². The number of hydrogen-bond donors (Lipinski definition) is 2. The summed E-state index contributed by atoms with van der Waals surface area (Å²) in [6.45, 7) is 1.98. The SMILES string of the molecule is CCC(S)NC(=O)c1cccs1. The van der Waals surface area contributed by atoms with Gasteiger partial charge in [0.2, 0.25) is 0 Å². The highest BCUT2D eigenvalue weighted by atomic mass is 32.1. The van der Waals surface area contributed by atoms with E-state index in [9.17, 15) is 4.79 Å². The molecule has 1 unspecified atom stereocenters. The molecule has 0 fully saturated rings. The quantitative estimate of drug-likeness (QED) is 0.569. The van der Waals surface area contributed by atoms with E-state index in [4.69, 9.17) is 0 Å². The summed E-state index contributed by atoms with van der Waals surface area (Å²) < 4.78 is 0. The molecule has 1 N–H and O–H groups in total. The fourth-order valence-electron chi connectivity index (χ4n) is 0.732. The summed E-state index contributed by atoms with van der Waals surface area (Å²) in [6.07, 6.45) is 0.834. The Morgan fingerprint density at radius 2 is 2.58 bits per heavy atom. The molecule has 0 aliphatic carbocycles. The number of amides is 1. The van der Waals surface area contributed by atoms with Gasteiger partial charge in [-0.2, -0.15) is 12.6 Å². The van der Waals surface area contributed by atoms with Gasteiger partial charge in [-0.25, -0.2) is 0 Å². The van der Waals surface area contributed by atoms with Gasteiger partial charge in [-0.15, -0.1) is 11.3 Å². The van der Waals surface area contributed by atoms with Crippen molar-refractivity contribution in [1.82, 2.24) is 5.32 Å². The Labute approximate surface area is 81.4 Å². The minimum absolute atomic E-state index is 0.0353. The van der Waals surface area contributed by atoms with Gasteiger partial charge in [0.05, 0.1) is 10.3 Å². The highest BCUT2D eigenvalue weighted by Gasteiger charge is 2.08. The van der Waals surface area contributed by atoms with E-state index in [2.05, 4.69) is 17.9 Å². The van der Waals surface area contributed by atoms with Gasteiger partial charge < -0.3 is 5.32 Å². The zero-order chi connectivity index (χ0) is 8.97. The minimum Gasteiger partial charge on any atom is -0.340 e. The van der Waals surface area contributed by atoms with Crippen LogP contribution in [0.3, 0.4) is 0 Å². The molecule has 1 aromatic rings. The zero-order valence-corrected chi connectivity index (χ0v) is 8.49. The molecule has 0 saturated heterocycles. The maximum Gasteiger partial charge on any atom is 0.262 e. The molecular weight excluding hydrogens is 190 g/mol. The van der Waals surface area contributed by atoms with E-state index in [0.29, 0.717) is 0 Å². The van der Waals surface area contributed by atoms with Gasteiger partial charge in [-0.3, -0.25) is 4.79 Å². The standard InChI is InChI=1S/C8H11NOS2/c1-2-7(11)9-8(10)6-4-3-5-12-6/h3-5,7,11H,2H2,1H3,(H,9,10). The summed E-state index contributed by atoms with van der Waals surface area (Å²) in [6, 6.07) is 3.66. The van der Waals surface area contributed by atoms with Crippen molar-refractivity contribution < 1.29 is 4.79 Å². The first-order valence-corrected chi connectivity index (χ1v) is 5.16. The Balaban J connectivity index is 2.50. The van der Waals surface area contributed by atoms with Crippen LogP contribution in [-0.2, 0) is 0 Å². The summed E-state index contributed by atoms with van der Waals surface area (Å²) in [5, 5.41) is 4.61. The summed E-state index contributed by atoms with van der Waals surface area (Å²) in [5.74, 6) is -0.0353. The number of carbonyl (C=O) groups is 1. The van der Waals surface area contributed by atoms with Gasteiger partial charge in [0, 0.05) is 0 Å². The van der Waals surface area contributed by atoms with Crippen molar-refractivity contribution in [2.75, 3.05) is 0 Å². The van der Waals surface area contributed by atoms with Crippen molar-refractivity contribution in [2.45, 2.75) is 18.7 Å². The van der Waals surface area contributed by atoms with Crippen LogP contribution in [0.5, 0.6) is 0 Å². The van der Waals surface area contributed by atoms with Crippen molar-refractivity contribution in [3.8, 4) is 0 Å². The Kier molecular flexibility index (Phi) is 3.62. The Morgan fingerprint density at radius 3 is 3.08 bits per heavy atom. The second-order valence-electron chi connectivity index (χ2n) is 2.37. The van der Waals surface area contributed by atoms with Crippen molar-refractivity contribution in [3.05, 3.63) is 22.4 Å². The molecule has 1 amide bonds. The number of hydrogen-bond acceptors (Lipinski definition) is 3. The lowest BCUT2D eigenvalue weighted by Gasteiger charge is -2.08. The predicted molar refractivity (Wildman–Crippen MR) is 54.9 cm³/mol. The second-order valence-corrected chi connectivity index (χ2v) is 3.95. The van der Waals surface area contributed by atoms with Gasteiger partial charge in [0.15, 0.2) is 0 Å². The fourth-order valence-corrected chi connectivity index (χ4v) is 1.48. The average Bonchev–Trinajstić information content (AvgIpc) is 2.56. The van der Waals surface area contributed by atoms with Crippen molar-refractivity contribution >= 4 is 29.9 Å². The lowest BCUT2D eigenvalue weighted by atomic mass is 10.4. The third kappa shape index (κ3) is 2.53. The molecule has 0 saturated carbocycles. The third-order valence-electron chi connectivity index (χ3n) is 1.43. The van der Waals surface area contributed by atoms with Crippen molar-refractivity contribution in [1.29, 1.82) is 0 Å². The topological polar surface area (TPSA) is 29.1 Å². The van der Waals surface area contributed by atoms with Crippen molar-refractivity contribution in [3.63, 3.8) is 0 Å². The Morgan fingerprint density at radius 1 is 1.83 bits per heavy atom. The summed E-state index contributed by atoms with van der Waals surface area (Å²) >= 11 is 5.61. The van der Waals surface area contributed by atoms with Crippen LogP contribution < -0.4 is 5.32 Å². The van der Waals surface area contributed by atoms with Crippen LogP contribution in [0, 0.1) is 0 Å². The van der Waals surface area contributed by atoms with Crippen molar-refractivity contribution in [2.24, 2.45) is 0 Å². The highest BCUT2D eigenvalue weighted by Crippen LogP contribution is 2.09. The number of thiol groups is 1. The average molecular weight is 201 g/mol. The molecule has 2 nitrogen and oxygen atoms in total. The van der Waals surface area contributed by atoms with Crippen LogP contribution in [0.4, 0.5) is 0 Å². The molecule has 0 spiro atoms. The molecule has 4 heteroatoms. The molecule has 0 aliphatic heterocycles. The van der Waals surface area contributed by atoms with E-state index < -0.39 is 0 Å². The predicted octanol–water partition coefficient (Wildman–Crippen LogP) is 2.14. The highest BCUT2D eigenvalue weighted by molar-refractivity contribution is 7.80. The molecule has 1 aromatic heterocycles. The van der Waals surface area contributed by atoms with Crippen LogP contribution >= 0.6 is 24.0 Å². The monoisotopic (exact) mass is 201 g/mol. The first kappa shape index (κ1) is 9.61. The van der Waals surface area contributed by atoms with Gasteiger partial charge >= 0.3 is 0 Å². The number of rotatable bonds is 3. The van der Waals surface area contributed by atoms with E-state index >= 15 is 0 Å². The number of thiophene rings is 1. The van der Waals surface area contributed by atoms with Crippen LogP contribution in [0.1, 0.15) is 23.0 Å². The molecule has 1 rings (SSSR count). The molecular formula is C8H11NOS2. The van der Waals surface area contributed by atoms with Crippen LogP contribution in [-0.4, -0.2) is 11.3 Å². The largest absolute Gasteiger partial charge is 0.340 e. The summed E-state index contributed by atoms with van der Waals surface area (Å²) in [4.78, 5) is 12.1. The Bertz CT molecular complexity index is 246. The van der Waals surface area contributed by atoms with E-state index in [1.807, 2.05) is 18.4 Å². The number of carbonyl (C=O) groups excluding carboxylic acids is 1. The molecule has 0 aromatic carbocycles. The Hall–Kier alpha value is -0.480. The van der Waals surface area contributed by atoms with E-state index in [1.165, 1.54) is 11.3 Å². The van der Waals surface area contributed by atoms with Gasteiger partial charge in [0.1, 0.15) is 0 Å². The van der Waals surface area contributed by atoms with E-state index in [-0.39, 0.29) is 11.3 Å². The number of nitrogens with one attached hydrogen (secondary N) is 1. The van der Waals surface area contributed by atoms with Crippen LogP contribution in [0.25, 0.3) is 0 Å². The maximum absolute atomic E-state index is 11.3. The summed E-state index contributed by atoms with van der Waals surface area (Å²) in [5.41, 5.74) is 0. The smallest absolute Gasteiger partial charge is 0.262 e. The fraction of sp³-hybridized carbons (Fsp3) is 0.375. The first-order chi connectivity index (χ1) is 5.74. The van der Waals surface area contributed by atoms with E-state index in [0.717, 1.165) is 11.3 Å². The molecule has 0 radical (unpaired) electrons. The summed E-state index contributed by atoms with van der Waals surface area (Å²) in [7, 11) is 0. The normalized spacial score (nSPS) is 12.5. The van der Waals surface area contributed by atoms with Crippen LogP contribution in [0.2, 0.25) is 0 Å². The molecule has 1 heterocycles. The molecule has 0 aliphatic rings. The lowest BCUT2D eigenvalue weighted by molar-refractivity contribution is 0.0953. The zero-order valence-electron chi connectivity index (χ0n) is 6.78. The molecule has 12 heavy (non-hydrogen) atoms. The first-order valence-electron chi connectivity index (χ1n) is 3.76. The second kappa shape index (κ2) is 4.52. The van der Waals surface area contributed by atoms with Gasteiger partial charge in [0.25, 0.3) is 5.91 Å². The molecule has 66 valence electrons.